The standard InChI is InChI=1S/C25H37F17O3Si/c1-4-43-46(44-5-2,45-6-3)17-15-13-11-9-7-8-10-12-14-16-18(26,27)19(28,29)20(30,31)21(32,33)22(34,35)23(36,37)24(38,39)25(40,41)42/h4-17H2,1-3H3. The van der Waals surface area contributed by atoms with Crippen LogP contribution in [0.1, 0.15) is 85.0 Å². The van der Waals surface area contributed by atoms with Gasteiger partial charge in [0.2, 0.25) is 0 Å². The van der Waals surface area contributed by atoms with Crippen molar-refractivity contribution in [3.8, 4) is 0 Å². The first-order valence-corrected chi connectivity index (χ1v) is 16.2. The van der Waals surface area contributed by atoms with Crippen molar-refractivity contribution in [1.82, 2.24) is 0 Å². The van der Waals surface area contributed by atoms with Crippen molar-refractivity contribution in [3.63, 3.8) is 0 Å². The summed E-state index contributed by atoms with van der Waals surface area (Å²) >= 11 is 0. The summed E-state index contributed by atoms with van der Waals surface area (Å²) in [7, 11) is -2.81. The highest BCUT2D eigenvalue weighted by Gasteiger charge is 2.95. The van der Waals surface area contributed by atoms with Gasteiger partial charge in [0, 0.05) is 32.3 Å². The third kappa shape index (κ3) is 9.32. The van der Waals surface area contributed by atoms with E-state index in [1.54, 1.807) is 20.8 Å². The first-order chi connectivity index (χ1) is 20.6. The first kappa shape index (κ1) is 44.9. The number of unbranched alkanes of at least 4 members (excludes halogenated alkanes) is 8. The molecule has 0 atom stereocenters. The molecule has 0 unspecified atom stereocenters. The Labute approximate surface area is 255 Å². The lowest BCUT2D eigenvalue weighted by atomic mass is 9.87. The van der Waals surface area contributed by atoms with Gasteiger partial charge in [-0.15, -0.1) is 0 Å². The molecule has 0 aromatic carbocycles. The minimum atomic E-state index is -8.59. The van der Waals surface area contributed by atoms with Crippen LogP contribution in [-0.2, 0) is 13.3 Å². The number of hydrogen-bond acceptors (Lipinski definition) is 3. The van der Waals surface area contributed by atoms with Gasteiger partial charge < -0.3 is 13.3 Å². The highest BCUT2D eigenvalue weighted by molar-refractivity contribution is 6.60. The Bertz CT molecular complexity index is 880. The SMILES string of the molecule is CCO[Si](CCCCCCCCCCCC(F)(F)C(F)(F)C(F)(F)C(F)(F)C(F)(F)C(F)(F)C(F)(F)C(F)(F)F)(OCC)OCC. The Morgan fingerprint density at radius 2 is 0.652 bits per heavy atom. The largest absolute Gasteiger partial charge is 0.500 e. The van der Waals surface area contributed by atoms with Crippen LogP contribution in [-0.4, -0.2) is 76.3 Å². The van der Waals surface area contributed by atoms with Crippen molar-refractivity contribution < 1.29 is 87.9 Å². The molecular weight excluding hydrogens is 699 g/mol. The van der Waals surface area contributed by atoms with Crippen molar-refractivity contribution in [2.45, 2.75) is 139 Å². The van der Waals surface area contributed by atoms with Gasteiger partial charge in [0.15, 0.2) is 0 Å². The van der Waals surface area contributed by atoms with Gasteiger partial charge in [0.05, 0.1) is 0 Å². The fourth-order valence-corrected chi connectivity index (χ4v) is 6.97. The molecule has 0 spiro atoms. The van der Waals surface area contributed by atoms with E-state index in [0.29, 0.717) is 58.0 Å². The monoisotopic (exact) mass is 736 g/mol. The summed E-state index contributed by atoms with van der Waals surface area (Å²) in [6.07, 6.45) is -7.94. The smallest absolute Gasteiger partial charge is 0.374 e. The lowest BCUT2D eigenvalue weighted by Gasteiger charge is -2.42. The van der Waals surface area contributed by atoms with E-state index in [0.717, 1.165) is 6.42 Å². The lowest BCUT2D eigenvalue weighted by Crippen LogP contribution is -2.74. The van der Waals surface area contributed by atoms with E-state index in [4.69, 9.17) is 13.3 Å². The topological polar surface area (TPSA) is 27.7 Å². The van der Waals surface area contributed by atoms with E-state index in [2.05, 4.69) is 0 Å². The molecule has 0 bridgehead atoms. The zero-order valence-electron chi connectivity index (χ0n) is 25.0. The lowest BCUT2D eigenvalue weighted by molar-refractivity contribution is -0.461. The van der Waals surface area contributed by atoms with Crippen LogP contribution in [0.2, 0.25) is 6.04 Å². The van der Waals surface area contributed by atoms with Crippen LogP contribution in [0.5, 0.6) is 0 Å². The Morgan fingerprint density at radius 1 is 0.370 bits per heavy atom. The normalized spacial score (nSPS) is 15.1. The molecule has 0 aromatic heterocycles. The molecular formula is C25H37F17O3Si. The molecule has 0 N–H and O–H groups in total. The van der Waals surface area contributed by atoms with E-state index in [1.807, 2.05) is 0 Å². The van der Waals surface area contributed by atoms with Crippen molar-refractivity contribution in [2.75, 3.05) is 19.8 Å². The summed E-state index contributed by atoms with van der Waals surface area (Å²) in [6.45, 7) is 6.57. The Hall–Kier alpha value is -1.09. The summed E-state index contributed by atoms with van der Waals surface area (Å²) in [5.74, 6) is -55.9. The molecule has 21 heteroatoms. The van der Waals surface area contributed by atoms with Gasteiger partial charge in [-0.25, -0.2) is 0 Å². The maximum absolute atomic E-state index is 14.0. The summed E-state index contributed by atoms with van der Waals surface area (Å²) in [5.41, 5.74) is 0. The Morgan fingerprint density at radius 3 is 0.978 bits per heavy atom. The summed E-state index contributed by atoms with van der Waals surface area (Å²) in [4.78, 5) is 0. The highest BCUT2D eigenvalue weighted by Crippen LogP contribution is 2.64. The average molecular weight is 737 g/mol. The van der Waals surface area contributed by atoms with Crippen LogP contribution in [0.4, 0.5) is 74.6 Å². The first-order valence-electron chi connectivity index (χ1n) is 14.3. The fourth-order valence-electron chi connectivity index (χ4n) is 4.28. The molecule has 0 fully saturated rings. The second kappa shape index (κ2) is 16.5. The molecule has 0 rings (SSSR count). The van der Waals surface area contributed by atoms with Gasteiger partial charge in [-0.2, -0.15) is 74.6 Å². The maximum atomic E-state index is 14.0. The van der Waals surface area contributed by atoms with E-state index in [9.17, 15) is 74.6 Å². The molecule has 3 nitrogen and oxygen atoms in total. The fraction of sp³-hybridized carbons (Fsp3) is 1.00. The van der Waals surface area contributed by atoms with Gasteiger partial charge in [-0.05, 0) is 33.6 Å². The highest BCUT2D eigenvalue weighted by atomic mass is 28.4. The quantitative estimate of drug-likeness (QED) is 0.0561. The number of halogens is 17. The van der Waals surface area contributed by atoms with E-state index in [1.165, 1.54) is 0 Å². The zero-order chi connectivity index (χ0) is 36.5. The molecule has 0 heterocycles. The molecule has 0 aliphatic carbocycles. The van der Waals surface area contributed by atoms with Gasteiger partial charge in [-0.1, -0.05) is 44.9 Å². The van der Waals surface area contributed by atoms with Crippen LogP contribution in [0.15, 0.2) is 0 Å². The molecule has 278 valence electrons. The molecule has 0 aromatic rings. The predicted molar refractivity (Wildman–Crippen MR) is 132 cm³/mol. The second-order valence-corrected chi connectivity index (χ2v) is 13.0. The third-order valence-electron chi connectivity index (χ3n) is 6.85. The van der Waals surface area contributed by atoms with Crippen LogP contribution < -0.4 is 0 Å². The average Bonchev–Trinajstić information content (AvgIpc) is 2.90. The van der Waals surface area contributed by atoms with Crippen LogP contribution in [0.3, 0.4) is 0 Å². The Kier molecular flexibility index (Phi) is 16.1. The molecule has 0 radical (unpaired) electrons. The van der Waals surface area contributed by atoms with E-state index in [-0.39, 0.29) is 12.8 Å². The molecule has 0 aliphatic rings. The van der Waals surface area contributed by atoms with Crippen LogP contribution in [0.25, 0.3) is 0 Å². The van der Waals surface area contributed by atoms with Gasteiger partial charge in [0.1, 0.15) is 0 Å². The molecule has 0 amide bonds. The van der Waals surface area contributed by atoms with Crippen molar-refractivity contribution in [3.05, 3.63) is 0 Å². The van der Waals surface area contributed by atoms with Crippen LogP contribution >= 0.6 is 0 Å². The zero-order valence-corrected chi connectivity index (χ0v) is 26.0. The van der Waals surface area contributed by atoms with Crippen molar-refractivity contribution >= 4 is 8.80 Å². The minimum Gasteiger partial charge on any atom is -0.374 e. The minimum absolute atomic E-state index is 0.0417. The Balaban J connectivity index is 5.09. The van der Waals surface area contributed by atoms with Gasteiger partial charge >= 0.3 is 56.4 Å². The molecule has 0 aliphatic heterocycles. The number of rotatable bonds is 24. The third-order valence-corrected chi connectivity index (χ3v) is 10.0. The predicted octanol–water partition coefficient (Wildman–Crippen LogP) is 10.9. The summed E-state index contributed by atoms with van der Waals surface area (Å²) < 4.78 is 244. The molecule has 0 saturated carbocycles. The van der Waals surface area contributed by atoms with Crippen molar-refractivity contribution in [1.29, 1.82) is 0 Å². The second-order valence-electron chi connectivity index (χ2n) is 10.3. The number of hydrogen-bond donors (Lipinski definition) is 0. The van der Waals surface area contributed by atoms with Gasteiger partial charge in [-0.3, -0.25) is 0 Å². The van der Waals surface area contributed by atoms with Crippen molar-refractivity contribution in [2.24, 2.45) is 0 Å². The number of alkyl halides is 17. The summed E-state index contributed by atoms with van der Waals surface area (Å²) in [5, 5.41) is 0. The van der Waals surface area contributed by atoms with Crippen LogP contribution in [0, 0.1) is 0 Å². The van der Waals surface area contributed by atoms with E-state index < -0.39 is 69.3 Å². The van der Waals surface area contributed by atoms with Gasteiger partial charge in [0.25, 0.3) is 0 Å². The van der Waals surface area contributed by atoms with E-state index >= 15 is 0 Å². The maximum Gasteiger partial charge on any atom is 0.500 e. The molecule has 0 saturated heterocycles. The molecule has 46 heavy (non-hydrogen) atoms. The summed E-state index contributed by atoms with van der Waals surface area (Å²) in [6, 6.07) is 0.562.